The molecule has 1 aromatic heterocycles. The van der Waals surface area contributed by atoms with Gasteiger partial charge in [-0.3, -0.25) is 0 Å². The zero-order valence-corrected chi connectivity index (χ0v) is 20.4. The van der Waals surface area contributed by atoms with E-state index in [2.05, 4.69) is 10.1 Å². The van der Waals surface area contributed by atoms with E-state index in [1.54, 1.807) is 10.9 Å². The molecule has 0 aliphatic rings. The maximum absolute atomic E-state index is 6.17. The number of aromatic nitrogens is 2. The van der Waals surface area contributed by atoms with E-state index in [4.69, 9.17) is 21.7 Å². The number of ether oxygens (including phenoxy) is 2. The van der Waals surface area contributed by atoms with Gasteiger partial charge in [-0.1, -0.05) is 91.0 Å². The first kappa shape index (κ1) is 23.3. The van der Waals surface area contributed by atoms with Gasteiger partial charge in [0.2, 0.25) is 0 Å². The number of nitrogens with zero attached hydrogens (tertiary/aromatic N) is 2. The molecule has 4 aromatic carbocycles. The van der Waals surface area contributed by atoms with Crippen LogP contribution >= 0.6 is 12.2 Å². The van der Waals surface area contributed by atoms with Crippen molar-refractivity contribution in [2.24, 2.45) is 5.10 Å². The second-order valence-electron chi connectivity index (χ2n) is 8.18. The summed E-state index contributed by atoms with van der Waals surface area (Å²) in [4.78, 5) is 3.21. The first-order valence-electron chi connectivity index (χ1n) is 11.6. The number of rotatable bonds is 9. The monoisotopic (exact) mass is 491 g/mol. The number of imidazole rings is 1. The third-order valence-electron chi connectivity index (χ3n) is 5.56. The quantitative estimate of drug-likeness (QED) is 0.174. The third-order valence-corrected chi connectivity index (χ3v) is 5.85. The molecular formula is C30H25N3O2S. The molecule has 1 heterocycles. The van der Waals surface area contributed by atoms with E-state index in [-0.39, 0.29) is 0 Å². The van der Waals surface area contributed by atoms with Crippen LogP contribution in [0.3, 0.4) is 0 Å². The van der Waals surface area contributed by atoms with Crippen molar-refractivity contribution in [3.05, 3.63) is 137 Å². The molecule has 5 aromatic rings. The van der Waals surface area contributed by atoms with Crippen LogP contribution in [0.2, 0.25) is 0 Å². The average molecular weight is 492 g/mol. The van der Waals surface area contributed by atoms with Gasteiger partial charge in [-0.05, 0) is 52.7 Å². The zero-order chi connectivity index (χ0) is 24.6. The number of aromatic amines is 1. The van der Waals surface area contributed by atoms with E-state index in [9.17, 15) is 0 Å². The van der Waals surface area contributed by atoms with Crippen molar-refractivity contribution in [1.82, 2.24) is 9.66 Å². The predicted molar refractivity (Wildman–Crippen MR) is 146 cm³/mol. The van der Waals surface area contributed by atoms with Crippen LogP contribution in [-0.2, 0) is 13.2 Å². The van der Waals surface area contributed by atoms with Crippen LogP contribution in [-0.4, -0.2) is 15.9 Å². The van der Waals surface area contributed by atoms with Gasteiger partial charge in [0.15, 0.2) is 16.3 Å². The summed E-state index contributed by atoms with van der Waals surface area (Å²) < 4.78 is 14.5. The van der Waals surface area contributed by atoms with Crippen LogP contribution in [0.5, 0.6) is 11.5 Å². The molecule has 36 heavy (non-hydrogen) atoms. The SMILES string of the molecule is S=c1[nH]c(-c2ccccc2)cn1N=Cc1ccc(OCc2ccccc2)c(OCc2ccccc2)c1. The smallest absolute Gasteiger partial charge is 0.198 e. The van der Waals surface area contributed by atoms with Gasteiger partial charge in [-0.2, -0.15) is 5.10 Å². The summed E-state index contributed by atoms with van der Waals surface area (Å²) in [5.74, 6) is 1.33. The van der Waals surface area contributed by atoms with Gasteiger partial charge >= 0.3 is 0 Å². The Bertz CT molecular complexity index is 1490. The molecule has 5 nitrogen and oxygen atoms in total. The summed E-state index contributed by atoms with van der Waals surface area (Å²) in [6, 6.07) is 35.9. The Labute approximate surface area is 215 Å². The minimum absolute atomic E-state index is 0.437. The van der Waals surface area contributed by atoms with E-state index in [1.165, 1.54) is 0 Å². The Balaban J connectivity index is 1.37. The van der Waals surface area contributed by atoms with Crippen molar-refractivity contribution >= 4 is 18.4 Å². The number of benzene rings is 4. The summed E-state index contributed by atoms with van der Waals surface area (Å²) in [7, 11) is 0. The fourth-order valence-electron chi connectivity index (χ4n) is 3.67. The molecule has 0 spiro atoms. The van der Waals surface area contributed by atoms with Crippen molar-refractivity contribution in [2.75, 3.05) is 0 Å². The van der Waals surface area contributed by atoms with E-state index < -0.39 is 0 Å². The van der Waals surface area contributed by atoms with Gasteiger partial charge in [-0.15, -0.1) is 0 Å². The van der Waals surface area contributed by atoms with Gasteiger partial charge in [0, 0.05) is 0 Å². The molecule has 0 saturated carbocycles. The molecule has 178 valence electrons. The molecule has 0 aliphatic heterocycles. The molecule has 0 amide bonds. The minimum atomic E-state index is 0.437. The molecule has 0 bridgehead atoms. The number of hydrogen-bond donors (Lipinski definition) is 1. The predicted octanol–water partition coefficient (Wildman–Crippen LogP) is 7.25. The lowest BCUT2D eigenvalue weighted by Crippen LogP contribution is -2.01. The van der Waals surface area contributed by atoms with Crippen LogP contribution in [0, 0.1) is 4.77 Å². The summed E-state index contributed by atoms with van der Waals surface area (Å²) in [5, 5.41) is 4.56. The topological polar surface area (TPSA) is 51.5 Å². The highest BCUT2D eigenvalue weighted by Gasteiger charge is 2.08. The Kier molecular flexibility index (Phi) is 7.35. The van der Waals surface area contributed by atoms with Gasteiger partial charge in [0.25, 0.3) is 0 Å². The summed E-state index contributed by atoms with van der Waals surface area (Å²) >= 11 is 5.46. The van der Waals surface area contributed by atoms with Crippen molar-refractivity contribution in [3.8, 4) is 22.8 Å². The lowest BCUT2D eigenvalue weighted by atomic mass is 10.2. The van der Waals surface area contributed by atoms with Gasteiger partial charge < -0.3 is 14.5 Å². The highest BCUT2D eigenvalue weighted by molar-refractivity contribution is 7.71. The molecule has 0 unspecified atom stereocenters. The molecule has 0 radical (unpaired) electrons. The molecule has 1 N–H and O–H groups in total. The zero-order valence-electron chi connectivity index (χ0n) is 19.6. The Morgan fingerprint density at radius 1 is 0.722 bits per heavy atom. The van der Waals surface area contributed by atoms with E-state index in [0.29, 0.717) is 29.5 Å². The van der Waals surface area contributed by atoms with E-state index in [1.807, 2.05) is 115 Å². The van der Waals surface area contributed by atoms with Crippen molar-refractivity contribution < 1.29 is 9.47 Å². The van der Waals surface area contributed by atoms with Gasteiger partial charge in [0.1, 0.15) is 13.2 Å². The van der Waals surface area contributed by atoms with Crippen LogP contribution in [0.15, 0.2) is 120 Å². The Hall–Kier alpha value is -4.42. The van der Waals surface area contributed by atoms with Crippen molar-refractivity contribution in [2.45, 2.75) is 13.2 Å². The van der Waals surface area contributed by atoms with Crippen molar-refractivity contribution in [3.63, 3.8) is 0 Å². The molecular weight excluding hydrogens is 466 g/mol. The van der Waals surface area contributed by atoms with Crippen LogP contribution in [0.4, 0.5) is 0 Å². The first-order valence-corrected chi connectivity index (χ1v) is 12.0. The summed E-state index contributed by atoms with van der Waals surface area (Å²) in [6.45, 7) is 0.892. The first-order chi connectivity index (χ1) is 17.7. The molecule has 0 saturated heterocycles. The standard InChI is InChI=1S/C30H25N3O2S/c36-30-32-27(26-14-8-3-9-15-26)20-33(30)31-19-25-16-17-28(34-21-23-10-4-1-5-11-23)29(18-25)35-22-24-12-6-2-7-13-24/h1-20H,21-22H2,(H,32,36). The largest absolute Gasteiger partial charge is 0.485 e. The fraction of sp³-hybridized carbons (Fsp3) is 0.0667. The number of hydrogen-bond acceptors (Lipinski definition) is 4. The maximum atomic E-state index is 6.17. The third kappa shape index (κ3) is 5.98. The number of H-pyrrole nitrogens is 1. The van der Waals surface area contributed by atoms with E-state index in [0.717, 1.165) is 27.9 Å². The van der Waals surface area contributed by atoms with Crippen LogP contribution in [0.1, 0.15) is 16.7 Å². The van der Waals surface area contributed by atoms with Gasteiger partial charge in [-0.25, -0.2) is 4.68 Å². The normalized spacial score (nSPS) is 11.0. The number of nitrogens with one attached hydrogen (secondary N) is 1. The Morgan fingerprint density at radius 2 is 1.31 bits per heavy atom. The minimum Gasteiger partial charge on any atom is -0.485 e. The lowest BCUT2D eigenvalue weighted by molar-refractivity contribution is 0.256. The Morgan fingerprint density at radius 3 is 1.94 bits per heavy atom. The van der Waals surface area contributed by atoms with E-state index >= 15 is 0 Å². The van der Waals surface area contributed by atoms with Gasteiger partial charge in [0.05, 0.1) is 18.1 Å². The second-order valence-corrected chi connectivity index (χ2v) is 8.57. The lowest BCUT2D eigenvalue weighted by Gasteiger charge is -2.14. The fourth-order valence-corrected chi connectivity index (χ4v) is 3.88. The summed E-state index contributed by atoms with van der Waals surface area (Å²) in [5.41, 5.74) is 5.00. The molecule has 5 rings (SSSR count). The highest BCUT2D eigenvalue weighted by atomic mass is 32.1. The van der Waals surface area contributed by atoms with Crippen LogP contribution < -0.4 is 9.47 Å². The average Bonchev–Trinajstić information content (AvgIpc) is 3.32. The maximum Gasteiger partial charge on any atom is 0.198 e. The molecule has 0 aliphatic carbocycles. The van der Waals surface area contributed by atoms with Crippen molar-refractivity contribution in [1.29, 1.82) is 0 Å². The second kappa shape index (κ2) is 11.3. The van der Waals surface area contributed by atoms with Crippen LogP contribution in [0.25, 0.3) is 11.3 Å². The molecule has 0 atom stereocenters. The molecule has 6 heteroatoms. The molecule has 0 fully saturated rings. The highest BCUT2D eigenvalue weighted by Crippen LogP contribution is 2.30. The summed E-state index contributed by atoms with van der Waals surface area (Å²) in [6.07, 6.45) is 3.65.